The highest BCUT2D eigenvalue weighted by atomic mass is 79.9. The van der Waals surface area contributed by atoms with E-state index in [0.29, 0.717) is 22.9 Å². The Morgan fingerprint density at radius 1 is 1.33 bits per heavy atom. The highest BCUT2D eigenvalue weighted by Gasteiger charge is 2.37. The number of halogens is 3. The molecule has 0 heterocycles. The average molecular weight is 377 g/mol. The van der Waals surface area contributed by atoms with Crippen molar-refractivity contribution in [3.63, 3.8) is 0 Å². The molecule has 0 aromatic heterocycles. The Bertz CT molecular complexity index is 512. The predicted molar refractivity (Wildman–Crippen MR) is 91.2 cm³/mol. The van der Waals surface area contributed by atoms with Crippen LogP contribution < -0.4 is 5.73 Å². The number of rotatable bonds is 2. The van der Waals surface area contributed by atoms with Gasteiger partial charge in [-0.1, -0.05) is 38.4 Å². The molecule has 0 aliphatic heterocycles. The summed E-state index contributed by atoms with van der Waals surface area (Å²) in [5.74, 6) is 0.810. The van der Waals surface area contributed by atoms with Crippen molar-refractivity contribution in [2.24, 2.45) is 23.0 Å². The molecule has 0 radical (unpaired) electrons. The standard InChI is InChI=1S/C17H24BrClFN/c1-17(2,3)11-5-4-10(9-21)13(8-11)12-6-7-14(18)15(19)16(12)20/h6-7,10-11,13H,4-5,8-9,21H2,1-3H3. The lowest BCUT2D eigenvalue weighted by Crippen LogP contribution is -2.34. The van der Waals surface area contributed by atoms with E-state index in [1.807, 2.05) is 12.1 Å². The van der Waals surface area contributed by atoms with Gasteiger partial charge in [-0.05, 0) is 76.5 Å². The van der Waals surface area contributed by atoms with Gasteiger partial charge >= 0.3 is 0 Å². The summed E-state index contributed by atoms with van der Waals surface area (Å²) in [6, 6.07) is 3.71. The van der Waals surface area contributed by atoms with Gasteiger partial charge in [0.05, 0.1) is 5.02 Å². The molecular formula is C17H24BrClFN. The topological polar surface area (TPSA) is 26.0 Å². The maximum Gasteiger partial charge on any atom is 0.146 e. The number of hydrogen-bond acceptors (Lipinski definition) is 1. The second kappa shape index (κ2) is 6.55. The van der Waals surface area contributed by atoms with E-state index in [1.165, 1.54) is 6.42 Å². The van der Waals surface area contributed by atoms with Gasteiger partial charge in [-0.25, -0.2) is 4.39 Å². The van der Waals surface area contributed by atoms with Gasteiger partial charge < -0.3 is 5.73 Å². The highest BCUT2D eigenvalue weighted by molar-refractivity contribution is 9.10. The molecule has 1 aromatic carbocycles. The largest absolute Gasteiger partial charge is 0.330 e. The first-order valence-corrected chi connectivity index (χ1v) is 8.76. The summed E-state index contributed by atoms with van der Waals surface area (Å²) in [7, 11) is 0. The summed E-state index contributed by atoms with van der Waals surface area (Å²) in [6.45, 7) is 7.40. The molecule has 1 nitrogen and oxygen atoms in total. The van der Waals surface area contributed by atoms with Crippen molar-refractivity contribution < 1.29 is 4.39 Å². The van der Waals surface area contributed by atoms with Crippen molar-refractivity contribution in [3.05, 3.63) is 33.0 Å². The van der Waals surface area contributed by atoms with Crippen molar-refractivity contribution in [2.45, 2.75) is 46.0 Å². The first-order chi connectivity index (χ1) is 9.75. The molecule has 2 N–H and O–H groups in total. The summed E-state index contributed by atoms with van der Waals surface area (Å²) >= 11 is 9.35. The Morgan fingerprint density at radius 2 is 2.00 bits per heavy atom. The van der Waals surface area contributed by atoms with E-state index in [2.05, 4.69) is 36.7 Å². The summed E-state index contributed by atoms with van der Waals surface area (Å²) in [5.41, 5.74) is 6.91. The zero-order chi connectivity index (χ0) is 15.8. The van der Waals surface area contributed by atoms with Crippen LogP contribution in [0.25, 0.3) is 0 Å². The lowest BCUT2D eigenvalue weighted by Gasteiger charge is -2.42. The highest BCUT2D eigenvalue weighted by Crippen LogP contribution is 2.48. The Hall–Kier alpha value is -0.120. The summed E-state index contributed by atoms with van der Waals surface area (Å²) < 4.78 is 15.2. The molecule has 0 spiro atoms. The lowest BCUT2D eigenvalue weighted by molar-refractivity contribution is 0.131. The van der Waals surface area contributed by atoms with Gasteiger partial charge in [0, 0.05) is 4.47 Å². The van der Waals surface area contributed by atoms with Gasteiger partial charge in [0.15, 0.2) is 0 Å². The van der Waals surface area contributed by atoms with Gasteiger partial charge in [0.2, 0.25) is 0 Å². The Kier molecular flexibility index (Phi) is 5.38. The van der Waals surface area contributed by atoms with Crippen LogP contribution in [0.3, 0.4) is 0 Å². The minimum atomic E-state index is -0.288. The fourth-order valence-corrected chi connectivity index (χ4v) is 3.99. The SMILES string of the molecule is CC(C)(C)C1CCC(CN)C(c2ccc(Br)c(Cl)c2F)C1. The molecule has 0 saturated heterocycles. The van der Waals surface area contributed by atoms with Crippen LogP contribution in [0.1, 0.15) is 51.5 Å². The zero-order valence-electron chi connectivity index (χ0n) is 12.9. The van der Waals surface area contributed by atoms with Crippen LogP contribution >= 0.6 is 27.5 Å². The molecule has 0 bridgehead atoms. The third kappa shape index (κ3) is 3.62. The molecular weight excluding hydrogens is 353 g/mol. The normalized spacial score (nSPS) is 26.9. The van der Waals surface area contributed by atoms with Crippen LogP contribution in [0.15, 0.2) is 16.6 Å². The molecule has 1 fully saturated rings. The molecule has 21 heavy (non-hydrogen) atoms. The fourth-order valence-electron chi connectivity index (χ4n) is 3.51. The number of nitrogens with two attached hydrogens (primary N) is 1. The van der Waals surface area contributed by atoms with E-state index in [9.17, 15) is 4.39 Å². The second-order valence-electron chi connectivity index (χ2n) is 7.24. The number of hydrogen-bond donors (Lipinski definition) is 1. The fraction of sp³-hybridized carbons (Fsp3) is 0.647. The Labute approximate surface area is 140 Å². The number of benzene rings is 1. The predicted octanol–water partition coefficient (Wildman–Crippen LogP) is 5.75. The van der Waals surface area contributed by atoms with Crippen LogP contribution in [0.2, 0.25) is 5.02 Å². The minimum absolute atomic E-state index is 0.165. The van der Waals surface area contributed by atoms with Gasteiger partial charge in [-0.3, -0.25) is 0 Å². The van der Waals surface area contributed by atoms with Crippen molar-refractivity contribution in [3.8, 4) is 0 Å². The molecule has 3 unspecified atom stereocenters. The summed E-state index contributed by atoms with van der Waals surface area (Å²) in [5, 5.41) is 0.182. The van der Waals surface area contributed by atoms with Crippen molar-refractivity contribution in [2.75, 3.05) is 6.54 Å². The summed E-state index contributed by atoms with van der Waals surface area (Å²) in [6.07, 6.45) is 3.23. The first kappa shape index (κ1) is 17.2. The smallest absolute Gasteiger partial charge is 0.146 e. The van der Waals surface area contributed by atoms with Gasteiger partial charge in [0.1, 0.15) is 5.82 Å². The molecule has 1 saturated carbocycles. The Morgan fingerprint density at radius 3 is 2.57 bits per heavy atom. The quantitative estimate of drug-likeness (QED) is 0.654. The molecule has 4 heteroatoms. The van der Waals surface area contributed by atoms with Crippen LogP contribution in [-0.2, 0) is 0 Å². The zero-order valence-corrected chi connectivity index (χ0v) is 15.3. The molecule has 2 rings (SSSR count). The van der Waals surface area contributed by atoms with E-state index >= 15 is 0 Å². The molecule has 1 aliphatic carbocycles. The van der Waals surface area contributed by atoms with E-state index in [-0.39, 0.29) is 22.2 Å². The van der Waals surface area contributed by atoms with E-state index in [0.717, 1.165) is 18.4 Å². The Balaban J connectivity index is 2.36. The third-order valence-corrected chi connectivity index (χ3v) is 6.24. The minimum Gasteiger partial charge on any atom is -0.330 e. The average Bonchev–Trinajstić information content (AvgIpc) is 2.43. The van der Waals surface area contributed by atoms with Gasteiger partial charge in [0.25, 0.3) is 0 Å². The lowest BCUT2D eigenvalue weighted by atomic mass is 9.64. The van der Waals surface area contributed by atoms with E-state index < -0.39 is 0 Å². The van der Waals surface area contributed by atoms with Crippen molar-refractivity contribution in [1.29, 1.82) is 0 Å². The monoisotopic (exact) mass is 375 g/mol. The van der Waals surface area contributed by atoms with E-state index in [4.69, 9.17) is 17.3 Å². The van der Waals surface area contributed by atoms with Crippen LogP contribution in [0.4, 0.5) is 4.39 Å². The van der Waals surface area contributed by atoms with Crippen molar-refractivity contribution in [1.82, 2.24) is 0 Å². The van der Waals surface area contributed by atoms with Crippen LogP contribution in [-0.4, -0.2) is 6.54 Å². The maximum absolute atomic E-state index is 14.6. The molecule has 0 amide bonds. The van der Waals surface area contributed by atoms with Gasteiger partial charge in [-0.2, -0.15) is 0 Å². The van der Waals surface area contributed by atoms with E-state index in [1.54, 1.807) is 0 Å². The maximum atomic E-state index is 14.6. The van der Waals surface area contributed by atoms with Crippen LogP contribution in [0.5, 0.6) is 0 Å². The third-order valence-electron chi connectivity index (χ3n) is 4.99. The first-order valence-electron chi connectivity index (χ1n) is 7.59. The second-order valence-corrected chi connectivity index (χ2v) is 8.48. The molecule has 1 aliphatic rings. The summed E-state index contributed by atoms with van der Waals surface area (Å²) in [4.78, 5) is 0. The molecule has 3 atom stereocenters. The molecule has 118 valence electrons. The molecule has 1 aromatic rings. The van der Waals surface area contributed by atoms with Crippen molar-refractivity contribution >= 4 is 27.5 Å². The van der Waals surface area contributed by atoms with Gasteiger partial charge in [-0.15, -0.1) is 0 Å². The van der Waals surface area contributed by atoms with Crippen LogP contribution in [0, 0.1) is 23.1 Å².